The van der Waals surface area contributed by atoms with Crippen molar-refractivity contribution >= 4 is 5.97 Å². The molecule has 0 aromatic heterocycles. The van der Waals surface area contributed by atoms with Gasteiger partial charge in [0.15, 0.2) is 0 Å². The van der Waals surface area contributed by atoms with E-state index < -0.39 is 23.9 Å². The predicted molar refractivity (Wildman–Crippen MR) is 56.6 cm³/mol. The Morgan fingerprint density at radius 2 is 2.25 bits per heavy atom. The molecule has 16 heavy (non-hydrogen) atoms. The van der Waals surface area contributed by atoms with Crippen LogP contribution in [0, 0.1) is 5.92 Å². The molecule has 1 fully saturated rings. The standard InChI is InChI=1S/C11H19F2NO2/c1-3-9(10(15)16)14-6-4-5-8(7-14)11(2,12)13/h8-9H,3-7H2,1-2H3,(H,15,16)/t8-,9+/m0/s1. The minimum absolute atomic E-state index is 0.189. The molecule has 1 aliphatic heterocycles. The lowest BCUT2D eigenvalue weighted by Crippen LogP contribution is -2.49. The molecule has 1 aliphatic rings. The van der Waals surface area contributed by atoms with E-state index in [-0.39, 0.29) is 6.54 Å². The number of halogens is 2. The molecule has 0 aromatic rings. The number of carboxylic acid groups (broad SMARTS) is 1. The molecule has 1 rings (SSSR count). The van der Waals surface area contributed by atoms with Crippen LogP contribution in [0.5, 0.6) is 0 Å². The number of hydrogen-bond donors (Lipinski definition) is 1. The summed E-state index contributed by atoms with van der Waals surface area (Å²) in [5.74, 6) is -4.34. The minimum Gasteiger partial charge on any atom is -0.480 e. The molecule has 1 saturated heterocycles. The van der Waals surface area contributed by atoms with Gasteiger partial charge < -0.3 is 5.11 Å². The normalized spacial score (nSPS) is 25.4. The Labute approximate surface area is 94.4 Å². The van der Waals surface area contributed by atoms with Crippen molar-refractivity contribution in [2.45, 2.75) is 45.1 Å². The second-order valence-electron chi connectivity index (χ2n) is 4.55. The zero-order chi connectivity index (χ0) is 12.3. The van der Waals surface area contributed by atoms with Gasteiger partial charge >= 0.3 is 5.97 Å². The fourth-order valence-corrected chi connectivity index (χ4v) is 2.29. The zero-order valence-electron chi connectivity index (χ0n) is 9.75. The van der Waals surface area contributed by atoms with Crippen molar-refractivity contribution in [1.82, 2.24) is 4.90 Å². The molecular formula is C11H19F2NO2. The summed E-state index contributed by atoms with van der Waals surface area (Å²) in [6, 6.07) is -0.620. The van der Waals surface area contributed by atoms with Crippen molar-refractivity contribution in [3.8, 4) is 0 Å². The van der Waals surface area contributed by atoms with Gasteiger partial charge in [-0.25, -0.2) is 8.78 Å². The molecular weight excluding hydrogens is 216 g/mol. The van der Waals surface area contributed by atoms with E-state index >= 15 is 0 Å². The van der Waals surface area contributed by atoms with Crippen LogP contribution in [0.15, 0.2) is 0 Å². The zero-order valence-corrected chi connectivity index (χ0v) is 9.75. The summed E-state index contributed by atoms with van der Waals surface area (Å²) >= 11 is 0. The van der Waals surface area contributed by atoms with Gasteiger partial charge in [-0.3, -0.25) is 9.69 Å². The van der Waals surface area contributed by atoms with Crippen LogP contribution in [-0.2, 0) is 4.79 Å². The highest BCUT2D eigenvalue weighted by molar-refractivity contribution is 5.73. The largest absolute Gasteiger partial charge is 0.480 e. The summed E-state index contributed by atoms with van der Waals surface area (Å²) in [6.45, 7) is 3.49. The highest BCUT2D eigenvalue weighted by Crippen LogP contribution is 2.32. The molecule has 94 valence electrons. The average molecular weight is 235 g/mol. The SMILES string of the molecule is CC[C@H](C(=O)O)N1CCC[C@H](C(C)(F)F)C1. The average Bonchev–Trinajstić information content (AvgIpc) is 2.17. The van der Waals surface area contributed by atoms with Crippen molar-refractivity contribution in [1.29, 1.82) is 0 Å². The van der Waals surface area contributed by atoms with Gasteiger partial charge in [-0.2, -0.15) is 0 Å². The van der Waals surface area contributed by atoms with Gasteiger partial charge in [0.25, 0.3) is 0 Å². The fraction of sp³-hybridized carbons (Fsp3) is 0.909. The van der Waals surface area contributed by atoms with E-state index in [0.29, 0.717) is 25.8 Å². The maximum atomic E-state index is 13.2. The van der Waals surface area contributed by atoms with Crippen molar-refractivity contribution in [2.24, 2.45) is 5.92 Å². The lowest BCUT2D eigenvalue weighted by Gasteiger charge is -2.38. The van der Waals surface area contributed by atoms with Crippen LogP contribution >= 0.6 is 0 Å². The lowest BCUT2D eigenvalue weighted by molar-refractivity contribution is -0.146. The molecule has 3 nitrogen and oxygen atoms in total. The number of carbonyl (C=O) groups is 1. The molecule has 0 aromatic carbocycles. The van der Waals surface area contributed by atoms with Gasteiger partial charge in [0.1, 0.15) is 6.04 Å². The molecule has 1 heterocycles. The monoisotopic (exact) mass is 235 g/mol. The minimum atomic E-state index is -2.71. The summed E-state index contributed by atoms with van der Waals surface area (Å²) in [6.07, 6.45) is 1.59. The van der Waals surface area contributed by atoms with Crippen molar-refractivity contribution in [3.63, 3.8) is 0 Å². The third kappa shape index (κ3) is 3.14. The number of likely N-dealkylation sites (tertiary alicyclic amines) is 1. The second-order valence-corrected chi connectivity index (χ2v) is 4.55. The molecule has 5 heteroatoms. The Morgan fingerprint density at radius 3 is 2.69 bits per heavy atom. The first kappa shape index (κ1) is 13.4. The van der Waals surface area contributed by atoms with E-state index in [4.69, 9.17) is 5.11 Å². The van der Waals surface area contributed by atoms with Crippen molar-refractivity contribution in [3.05, 3.63) is 0 Å². The molecule has 2 atom stereocenters. The van der Waals surface area contributed by atoms with Crippen molar-refractivity contribution in [2.75, 3.05) is 13.1 Å². The first-order chi connectivity index (χ1) is 7.36. The van der Waals surface area contributed by atoms with Gasteiger partial charge in [0.2, 0.25) is 5.92 Å². The van der Waals surface area contributed by atoms with Crippen LogP contribution in [0.4, 0.5) is 8.78 Å². The Hall–Kier alpha value is -0.710. The molecule has 0 radical (unpaired) electrons. The smallest absolute Gasteiger partial charge is 0.320 e. The van der Waals surface area contributed by atoms with E-state index in [2.05, 4.69) is 0 Å². The van der Waals surface area contributed by atoms with Crippen LogP contribution in [0.25, 0.3) is 0 Å². The highest BCUT2D eigenvalue weighted by atomic mass is 19.3. The Kier molecular flexibility index (Phi) is 4.24. The maximum Gasteiger partial charge on any atom is 0.320 e. The van der Waals surface area contributed by atoms with Gasteiger partial charge in [-0.05, 0) is 32.7 Å². The summed E-state index contributed by atoms with van der Waals surface area (Å²) < 4.78 is 26.4. The summed E-state index contributed by atoms with van der Waals surface area (Å²) in [7, 11) is 0. The molecule has 0 bridgehead atoms. The third-order valence-corrected chi connectivity index (χ3v) is 3.28. The topological polar surface area (TPSA) is 40.5 Å². The number of rotatable bonds is 4. The number of carboxylic acids is 1. The van der Waals surface area contributed by atoms with Crippen LogP contribution < -0.4 is 0 Å². The number of hydrogen-bond acceptors (Lipinski definition) is 2. The lowest BCUT2D eigenvalue weighted by atomic mass is 9.91. The molecule has 0 spiro atoms. The van der Waals surface area contributed by atoms with Gasteiger partial charge in [-0.1, -0.05) is 6.92 Å². The highest BCUT2D eigenvalue weighted by Gasteiger charge is 2.39. The van der Waals surface area contributed by atoms with Gasteiger partial charge in [0.05, 0.1) is 0 Å². The van der Waals surface area contributed by atoms with E-state index in [1.54, 1.807) is 11.8 Å². The Balaban J connectivity index is 2.66. The van der Waals surface area contributed by atoms with E-state index in [1.165, 1.54) is 0 Å². The number of piperidine rings is 1. The Bertz CT molecular complexity index is 253. The number of nitrogens with zero attached hydrogens (tertiary/aromatic N) is 1. The molecule has 0 unspecified atom stereocenters. The fourth-order valence-electron chi connectivity index (χ4n) is 2.29. The van der Waals surface area contributed by atoms with Crippen LogP contribution in [-0.4, -0.2) is 41.0 Å². The molecule has 0 saturated carbocycles. The maximum absolute atomic E-state index is 13.2. The third-order valence-electron chi connectivity index (χ3n) is 3.28. The van der Waals surface area contributed by atoms with E-state index in [1.807, 2.05) is 0 Å². The molecule has 0 amide bonds. The Morgan fingerprint density at radius 1 is 1.62 bits per heavy atom. The van der Waals surface area contributed by atoms with E-state index in [9.17, 15) is 13.6 Å². The first-order valence-electron chi connectivity index (χ1n) is 5.71. The van der Waals surface area contributed by atoms with Gasteiger partial charge in [-0.15, -0.1) is 0 Å². The van der Waals surface area contributed by atoms with Crippen molar-refractivity contribution < 1.29 is 18.7 Å². The second kappa shape index (κ2) is 5.08. The quantitative estimate of drug-likeness (QED) is 0.812. The predicted octanol–water partition coefficient (Wildman–Crippen LogP) is 2.22. The van der Waals surface area contributed by atoms with Gasteiger partial charge in [0, 0.05) is 12.5 Å². The summed E-state index contributed by atoms with van der Waals surface area (Å²) in [4.78, 5) is 12.6. The first-order valence-corrected chi connectivity index (χ1v) is 5.71. The summed E-state index contributed by atoms with van der Waals surface area (Å²) in [5, 5.41) is 8.99. The van der Waals surface area contributed by atoms with Crippen LogP contribution in [0.2, 0.25) is 0 Å². The van der Waals surface area contributed by atoms with E-state index in [0.717, 1.165) is 6.92 Å². The number of alkyl halides is 2. The molecule has 0 aliphatic carbocycles. The summed E-state index contributed by atoms with van der Waals surface area (Å²) in [5.41, 5.74) is 0. The molecule has 1 N–H and O–H groups in total. The van der Waals surface area contributed by atoms with Crippen LogP contribution in [0.1, 0.15) is 33.1 Å². The number of aliphatic carboxylic acids is 1. The van der Waals surface area contributed by atoms with Crippen LogP contribution in [0.3, 0.4) is 0 Å².